The summed E-state index contributed by atoms with van der Waals surface area (Å²) in [5.41, 5.74) is 4.21. The third kappa shape index (κ3) is 3.58. The molecule has 0 bridgehead atoms. The molecule has 1 aliphatic rings. The molecule has 10 heteroatoms. The molecule has 1 fully saturated rings. The van der Waals surface area contributed by atoms with Gasteiger partial charge in [-0.2, -0.15) is 13.2 Å². The summed E-state index contributed by atoms with van der Waals surface area (Å²) in [6.07, 6.45) is -2.93. The smallest absolute Gasteiger partial charge is 0.384 e. The maximum atomic E-state index is 12.5. The zero-order valence-corrected chi connectivity index (χ0v) is 10.6. The average molecular weight is 304 g/mol. The summed E-state index contributed by atoms with van der Waals surface area (Å²) in [4.78, 5) is 26.3. The third-order valence-electron chi connectivity index (χ3n) is 2.93. The monoisotopic (exact) mass is 304 g/mol. The number of nitrogen functional groups attached to an aromatic ring is 1. The lowest BCUT2D eigenvalue weighted by Gasteiger charge is -2.23. The lowest BCUT2D eigenvalue weighted by Crippen LogP contribution is -2.40. The van der Waals surface area contributed by atoms with Crippen molar-refractivity contribution in [2.75, 3.05) is 12.3 Å². The highest BCUT2D eigenvalue weighted by atomic mass is 19.4. The van der Waals surface area contributed by atoms with Gasteiger partial charge in [0.25, 0.3) is 11.6 Å². The molecule has 0 aliphatic heterocycles. The van der Waals surface area contributed by atoms with Gasteiger partial charge in [0.2, 0.25) is 0 Å². The van der Waals surface area contributed by atoms with Crippen LogP contribution in [0.15, 0.2) is 12.3 Å². The highest BCUT2D eigenvalue weighted by Crippen LogP contribution is 2.33. The van der Waals surface area contributed by atoms with Crippen molar-refractivity contribution in [1.29, 1.82) is 0 Å². The number of amides is 1. The third-order valence-corrected chi connectivity index (χ3v) is 2.93. The molecule has 2 rings (SSSR count). The van der Waals surface area contributed by atoms with E-state index in [1.807, 2.05) is 0 Å². The molecule has 114 valence electrons. The Bertz CT molecular complexity index is 587. The number of pyridine rings is 1. The predicted octanol–water partition coefficient (Wildman–Crippen LogP) is 1.74. The number of alkyl halides is 3. The van der Waals surface area contributed by atoms with E-state index in [9.17, 15) is 28.1 Å². The number of hydrogen-bond acceptors (Lipinski definition) is 5. The van der Waals surface area contributed by atoms with Crippen LogP contribution in [-0.4, -0.2) is 39.5 Å². The second kappa shape index (κ2) is 5.19. The first-order chi connectivity index (χ1) is 9.69. The lowest BCUT2D eigenvalue weighted by atomic mass is 10.2. The van der Waals surface area contributed by atoms with E-state index in [1.165, 1.54) is 0 Å². The molecule has 1 aromatic rings. The van der Waals surface area contributed by atoms with E-state index in [4.69, 9.17) is 5.73 Å². The van der Waals surface area contributed by atoms with Crippen LogP contribution >= 0.6 is 0 Å². The largest absolute Gasteiger partial charge is 0.406 e. The van der Waals surface area contributed by atoms with Crippen molar-refractivity contribution in [3.8, 4) is 0 Å². The molecule has 1 amide bonds. The van der Waals surface area contributed by atoms with E-state index in [2.05, 4.69) is 4.98 Å². The SMILES string of the molecule is Nc1cc(C(=O)N(CC(F)(F)F)C2CC2)c([N+](=O)[O-])cn1. The van der Waals surface area contributed by atoms with E-state index in [-0.39, 0.29) is 5.82 Å². The van der Waals surface area contributed by atoms with E-state index < -0.39 is 40.8 Å². The van der Waals surface area contributed by atoms with Crippen LogP contribution in [0.4, 0.5) is 24.7 Å². The summed E-state index contributed by atoms with van der Waals surface area (Å²) in [7, 11) is 0. The number of carbonyl (C=O) groups excluding carboxylic acids is 1. The number of nitro groups is 1. The molecular formula is C11H11F3N4O3. The van der Waals surface area contributed by atoms with E-state index >= 15 is 0 Å². The first kappa shape index (κ1) is 15.0. The zero-order chi connectivity index (χ0) is 15.8. The van der Waals surface area contributed by atoms with Gasteiger partial charge in [0.05, 0.1) is 4.92 Å². The van der Waals surface area contributed by atoms with Gasteiger partial charge >= 0.3 is 6.18 Å². The molecule has 0 unspecified atom stereocenters. The Labute approximate surface area is 116 Å². The highest BCUT2D eigenvalue weighted by Gasteiger charge is 2.42. The molecule has 0 aromatic carbocycles. The molecule has 1 saturated carbocycles. The maximum absolute atomic E-state index is 12.5. The number of carbonyl (C=O) groups is 1. The quantitative estimate of drug-likeness (QED) is 0.674. The molecule has 1 aliphatic carbocycles. The summed E-state index contributed by atoms with van der Waals surface area (Å²) in [5.74, 6) is -1.23. The first-order valence-electron chi connectivity index (χ1n) is 5.96. The minimum absolute atomic E-state index is 0.174. The van der Waals surface area contributed by atoms with Gasteiger partial charge in [-0.1, -0.05) is 0 Å². The number of nitrogens with zero attached hydrogens (tertiary/aromatic N) is 3. The van der Waals surface area contributed by atoms with Crippen molar-refractivity contribution < 1.29 is 22.9 Å². The molecule has 7 nitrogen and oxygen atoms in total. The number of nitrogens with two attached hydrogens (primary N) is 1. The topological polar surface area (TPSA) is 102 Å². The minimum atomic E-state index is -4.58. The number of halogens is 3. The fourth-order valence-electron chi connectivity index (χ4n) is 1.88. The van der Waals surface area contributed by atoms with Gasteiger partial charge in [0.1, 0.15) is 24.1 Å². The second-order valence-electron chi connectivity index (χ2n) is 4.66. The second-order valence-corrected chi connectivity index (χ2v) is 4.66. The average Bonchev–Trinajstić information content (AvgIpc) is 3.17. The molecule has 1 heterocycles. The Hall–Kier alpha value is -2.39. The fraction of sp³-hybridized carbons (Fsp3) is 0.455. The van der Waals surface area contributed by atoms with Gasteiger partial charge < -0.3 is 10.6 Å². The van der Waals surface area contributed by atoms with Crippen LogP contribution < -0.4 is 5.73 Å². The van der Waals surface area contributed by atoms with Crippen LogP contribution in [0.1, 0.15) is 23.2 Å². The van der Waals surface area contributed by atoms with Gasteiger partial charge in [0, 0.05) is 6.04 Å². The van der Waals surface area contributed by atoms with E-state index in [0.717, 1.165) is 12.3 Å². The number of hydrogen-bond donors (Lipinski definition) is 1. The van der Waals surface area contributed by atoms with Crippen molar-refractivity contribution in [3.63, 3.8) is 0 Å². The van der Waals surface area contributed by atoms with Crippen LogP contribution in [0.3, 0.4) is 0 Å². The Morgan fingerprint density at radius 1 is 1.52 bits per heavy atom. The normalized spacial score (nSPS) is 14.8. The Kier molecular flexibility index (Phi) is 3.71. The van der Waals surface area contributed by atoms with Crippen molar-refractivity contribution >= 4 is 17.4 Å². The summed E-state index contributed by atoms with van der Waals surface area (Å²) < 4.78 is 37.6. The molecule has 21 heavy (non-hydrogen) atoms. The van der Waals surface area contributed by atoms with Gasteiger partial charge in [-0.15, -0.1) is 0 Å². The number of anilines is 1. The standard InChI is InChI=1S/C11H11F3N4O3/c12-11(13,14)5-17(6-1-2-6)10(19)7-3-9(15)16-4-8(7)18(20)21/h3-4,6H,1-2,5H2,(H2,15,16). The number of rotatable bonds is 4. The van der Waals surface area contributed by atoms with Gasteiger partial charge in [-0.25, -0.2) is 4.98 Å². The van der Waals surface area contributed by atoms with E-state index in [1.54, 1.807) is 0 Å². The van der Waals surface area contributed by atoms with Gasteiger partial charge in [-0.05, 0) is 18.9 Å². The number of aromatic nitrogens is 1. The minimum Gasteiger partial charge on any atom is -0.384 e. The van der Waals surface area contributed by atoms with Crippen molar-refractivity contribution in [2.45, 2.75) is 25.1 Å². The van der Waals surface area contributed by atoms with Crippen LogP contribution in [0.25, 0.3) is 0 Å². The molecule has 2 N–H and O–H groups in total. The van der Waals surface area contributed by atoms with Crippen molar-refractivity contribution in [2.24, 2.45) is 0 Å². The maximum Gasteiger partial charge on any atom is 0.406 e. The molecule has 0 spiro atoms. The summed E-state index contributed by atoms with van der Waals surface area (Å²) >= 11 is 0. The fourth-order valence-corrected chi connectivity index (χ4v) is 1.88. The van der Waals surface area contributed by atoms with Crippen LogP contribution in [0.2, 0.25) is 0 Å². The first-order valence-corrected chi connectivity index (χ1v) is 5.96. The van der Waals surface area contributed by atoms with Crippen LogP contribution in [0.5, 0.6) is 0 Å². The van der Waals surface area contributed by atoms with E-state index in [0.29, 0.717) is 17.7 Å². The summed E-state index contributed by atoms with van der Waals surface area (Å²) in [6.45, 7) is -1.45. The van der Waals surface area contributed by atoms with Crippen molar-refractivity contribution in [1.82, 2.24) is 9.88 Å². The van der Waals surface area contributed by atoms with Crippen molar-refractivity contribution in [3.05, 3.63) is 27.9 Å². The molecule has 0 atom stereocenters. The summed E-state index contributed by atoms with van der Waals surface area (Å²) in [5, 5.41) is 10.9. The predicted molar refractivity (Wildman–Crippen MR) is 65.4 cm³/mol. The van der Waals surface area contributed by atoms with Crippen LogP contribution in [-0.2, 0) is 0 Å². The van der Waals surface area contributed by atoms with Gasteiger partial charge in [0.15, 0.2) is 0 Å². The van der Waals surface area contributed by atoms with Crippen LogP contribution in [0, 0.1) is 10.1 Å². The zero-order valence-electron chi connectivity index (χ0n) is 10.6. The molecule has 0 radical (unpaired) electrons. The van der Waals surface area contributed by atoms with Gasteiger partial charge in [-0.3, -0.25) is 14.9 Å². The lowest BCUT2D eigenvalue weighted by molar-refractivity contribution is -0.385. The Balaban J connectivity index is 2.37. The Morgan fingerprint density at radius 2 is 2.14 bits per heavy atom. The molecular weight excluding hydrogens is 293 g/mol. The summed E-state index contributed by atoms with van der Waals surface area (Å²) in [6, 6.07) is 0.375. The highest BCUT2D eigenvalue weighted by molar-refractivity contribution is 5.99. The molecule has 1 aromatic heterocycles. The molecule has 0 saturated heterocycles. The Morgan fingerprint density at radius 3 is 2.62 bits per heavy atom.